The normalized spacial score (nSPS) is 20.4. The van der Waals surface area contributed by atoms with E-state index < -0.39 is 10.0 Å². The molecule has 1 unspecified atom stereocenters. The van der Waals surface area contributed by atoms with Crippen molar-refractivity contribution >= 4 is 33.0 Å². The summed E-state index contributed by atoms with van der Waals surface area (Å²) < 4.78 is 28.9. The Hall–Kier alpha value is -2.54. The number of amides is 1. The minimum Gasteiger partial charge on any atom is -0.371 e. The van der Waals surface area contributed by atoms with E-state index in [-0.39, 0.29) is 17.3 Å². The van der Waals surface area contributed by atoms with Crippen molar-refractivity contribution in [3.63, 3.8) is 0 Å². The summed E-state index contributed by atoms with van der Waals surface area (Å²) in [5.41, 5.74) is 3.69. The molecule has 0 aromatic heterocycles. The third kappa shape index (κ3) is 5.83. The standard InChI is InChI=1S/C28H39N3O3S/c1-21-12-9-7-5-4-6-8-10-17-30(19-21)24-15-16-26(23(3)18-24)35(33,34)31-20-27(32)29-25-14-11-13-22(2)28(25)31/h11,13-16,18,21H,4-10,12,17,19-20H2,1-3H3,(H,29,32). The molecule has 2 heterocycles. The van der Waals surface area contributed by atoms with E-state index in [2.05, 4.69) is 17.1 Å². The predicted molar refractivity (Wildman–Crippen MR) is 144 cm³/mol. The van der Waals surface area contributed by atoms with Gasteiger partial charge in [-0.3, -0.25) is 9.10 Å². The van der Waals surface area contributed by atoms with E-state index in [0.717, 1.165) is 30.8 Å². The molecule has 4 rings (SSSR count). The molecule has 0 spiro atoms. The lowest BCUT2D eigenvalue weighted by Gasteiger charge is -2.32. The second-order valence-electron chi connectivity index (χ2n) is 10.3. The van der Waals surface area contributed by atoms with Gasteiger partial charge in [0.2, 0.25) is 5.91 Å². The lowest BCUT2D eigenvalue weighted by molar-refractivity contribution is -0.115. The summed E-state index contributed by atoms with van der Waals surface area (Å²) in [7, 11) is -3.90. The molecule has 1 atom stereocenters. The number of fused-ring (bicyclic) bond motifs is 1. The highest BCUT2D eigenvalue weighted by Gasteiger charge is 2.34. The molecule has 0 saturated carbocycles. The lowest BCUT2D eigenvalue weighted by atomic mass is 9.99. The molecular weight excluding hydrogens is 458 g/mol. The SMILES string of the molecule is Cc1cc(N2CCCCCCCCCC(C)C2)ccc1S(=O)(=O)N1CC(=O)Nc2cccc(C)c21. The molecule has 2 aromatic rings. The smallest absolute Gasteiger partial charge is 0.265 e. The number of nitrogens with one attached hydrogen (secondary N) is 1. The van der Waals surface area contributed by atoms with Crippen LogP contribution in [0, 0.1) is 19.8 Å². The Kier molecular flexibility index (Phi) is 8.05. The molecule has 1 saturated heterocycles. The fourth-order valence-electron chi connectivity index (χ4n) is 5.41. The van der Waals surface area contributed by atoms with Crippen molar-refractivity contribution in [2.75, 3.05) is 34.2 Å². The number of hydrogen-bond donors (Lipinski definition) is 1. The second kappa shape index (κ2) is 11.0. The van der Waals surface area contributed by atoms with Gasteiger partial charge in [0.1, 0.15) is 6.54 Å². The molecule has 1 N–H and O–H groups in total. The quantitative estimate of drug-likeness (QED) is 0.562. The van der Waals surface area contributed by atoms with Crippen molar-refractivity contribution in [2.45, 2.75) is 77.0 Å². The Morgan fingerprint density at radius 3 is 2.37 bits per heavy atom. The number of carbonyl (C=O) groups is 1. The van der Waals surface area contributed by atoms with Crippen LogP contribution in [-0.2, 0) is 14.8 Å². The van der Waals surface area contributed by atoms with E-state index in [4.69, 9.17) is 0 Å². The third-order valence-corrected chi connectivity index (χ3v) is 9.20. The van der Waals surface area contributed by atoms with Crippen LogP contribution in [0.1, 0.15) is 69.4 Å². The summed E-state index contributed by atoms with van der Waals surface area (Å²) in [6.07, 6.45) is 10.2. The van der Waals surface area contributed by atoms with Gasteiger partial charge in [-0.05, 0) is 68.0 Å². The zero-order valence-corrected chi connectivity index (χ0v) is 22.2. The second-order valence-corrected chi connectivity index (χ2v) is 12.1. The number of benzene rings is 2. The minimum absolute atomic E-state index is 0.217. The van der Waals surface area contributed by atoms with Crippen molar-refractivity contribution in [2.24, 2.45) is 5.92 Å². The zero-order valence-electron chi connectivity index (χ0n) is 21.3. The molecule has 0 radical (unpaired) electrons. The maximum Gasteiger partial charge on any atom is 0.265 e. The van der Waals surface area contributed by atoms with E-state index in [0.29, 0.717) is 22.9 Å². The summed E-state index contributed by atoms with van der Waals surface area (Å²) in [4.78, 5) is 15.0. The summed E-state index contributed by atoms with van der Waals surface area (Å²) >= 11 is 0. The van der Waals surface area contributed by atoms with Gasteiger partial charge in [0.05, 0.1) is 16.3 Å². The molecule has 35 heavy (non-hydrogen) atoms. The molecule has 1 fully saturated rings. The minimum atomic E-state index is -3.90. The van der Waals surface area contributed by atoms with Crippen LogP contribution in [-0.4, -0.2) is 34.0 Å². The summed E-state index contributed by atoms with van der Waals surface area (Å²) in [6, 6.07) is 11.1. The summed E-state index contributed by atoms with van der Waals surface area (Å²) in [5.74, 6) is 0.277. The number of anilines is 3. The highest BCUT2D eigenvalue weighted by atomic mass is 32.2. The van der Waals surface area contributed by atoms with Crippen molar-refractivity contribution in [3.05, 3.63) is 47.5 Å². The first-order valence-electron chi connectivity index (χ1n) is 13.0. The monoisotopic (exact) mass is 497 g/mol. The van der Waals surface area contributed by atoms with Crippen molar-refractivity contribution in [1.29, 1.82) is 0 Å². The van der Waals surface area contributed by atoms with Gasteiger partial charge in [0.15, 0.2) is 0 Å². The lowest BCUT2D eigenvalue weighted by Crippen LogP contribution is -2.42. The number of sulfonamides is 1. The van der Waals surface area contributed by atoms with Gasteiger partial charge in [-0.2, -0.15) is 0 Å². The Morgan fingerprint density at radius 2 is 1.63 bits per heavy atom. The Morgan fingerprint density at radius 1 is 0.914 bits per heavy atom. The van der Waals surface area contributed by atoms with Gasteiger partial charge >= 0.3 is 0 Å². The van der Waals surface area contributed by atoms with Crippen LogP contribution in [0.3, 0.4) is 0 Å². The van der Waals surface area contributed by atoms with Crippen molar-refractivity contribution in [3.8, 4) is 0 Å². The largest absolute Gasteiger partial charge is 0.371 e. The molecule has 190 valence electrons. The highest BCUT2D eigenvalue weighted by molar-refractivity contribution is 7.93. The summed E-state index contributed by atoms with van der Waals surface area (Å²) in [6.45, 7) is 7.82. The maximum absolute atomic E-state index is 13.8. The summed E-state index contributed by atoms with van der Waals surface area (Å²) in [5, 5.41) is 2.80. The average Bonchev–Trinajstić information content (AvgIpc) is 2.80. The van der Waals surface area contributed by atoms with E-state index in [1.165, 1.54) is 49.3 Å². The molecule has 2 aliphatic rings. The number of hydrogen-bond acceptors (Lipinski definition) is 4. The van der Waals surface area contributed by atoms with E-state index in [1.54, 1.807) is 12.1 Å². The van der Waals surface area contributed by atoms with Gasteiger partial charge in [-0.25, -0.2) is 8.42 Å². The van der Waals surface area contributed by atoms with E-state index in [9.17, 15) is 13.2 Å². The van der Waals surface area contributed by atoms with Gasteiger partial charge in [0, 0.05) is 18.8 Å². The van der Waals surface area contributed by atoms with Crippen LogP contribution in [0.5, 0.6) is 0 Å². The fraction of sp³-hybridized carbons (Fsp3) is 0.536. The number of nitrogens with zero attached hydrogens (tertiary/aromatic N) is 2. The molecule has 2 aliphatic heterocycles. The molecule has 7 heteroatoms. The van der Waals surface area contributed by atoms with Crippen LogP contribution in [0.25, 0.3) is 0 Å². The Bertz CT molecular complexity index is 1160. The first-order chi connectivity index (χ1) is 16.8. The fourth-order valence-corrected chi connectivity index (χ4v) is 7.12. The van der Waals surface area contributed by atoms with E-state index in [1.807, 2.05) is 38.1 Å². The predicted octanol–water partition coefficient (Wildman–Crippen LogP) is 6.03. The Balaban J connectivity index is 1.62. The van der Waals surface area contributed by atoms with Crippen LogP contribution >= 0.6 is 0 Å². The van der Waals surface area contributed by atoms with Crippen LogP contribution in [0.15, 0.2) is 41.3 Å². The van der Waals surface area contributed by atoms with Gasteiger partial charge < -0.3 is 10.2 Å². The van der Waals surface area contributed by atoms with Crippen LogP contribution in [0.4, 0.5) is 17.1 Å². The van der Waals surface area contributed by atoms with Gasteiger partial charge in [0.25, 0.3) is 10.0 Å². The van der Waals surface area contributed by atoms with Crippen LogP contribution in [0.2, 0.25) is 0 Å². The number of rotatable bonds is 3. The first-order valence-corrected chi connectivity index (χ1v) is 14.5. The molecular formula is C28H39N3O3S. The average molecular weight is 498 g/mol. The van der Waals surface area contributed by atoms with Crippen molar-refractivity contribution in [1.82, 2.24) is 0 Å². The topological polar surface area (TPSA) is 69.7 Å². The van der Waals surface area contributed by atoms with Crippen molar-refractivity contribution < 1.29 is 13.2 Å². The van der Waals surface area contributed by atoms with E-state index >= 15 is 0 Å². The number of para-hydroxylation sites is 1. The first kappa shape index (κ1) is 25.5. The van der Waals surface area contributed by atoms with Gasteiger partial charge in [-0.1, -0.05) is 57.6 Å². The number of carbonyl (C=O) groups excluding carboxylic acids is 1. The Labute approximate surface area is 210 Å². The molecule has 0 aliphatic carbocycles. The molecule has 1 amide bonds. The molecule has 0 bridgehead atoms. The molecule has 6 nitrogen and oxygen atoms in total. The number of aryl methyl sites for hydroxylation is 2. The van der Waals surface area contributed by atoms with Gasteiger partial charge in [-0.15, -0.1) is 0 Å². The third-order valence-electron chi connectivity index (χ3n) is 7.30. The van der Waals surface area contributed by atoms with Crippen LogP contribution < -0.4 is 14.5 Å². The maximum atomic E-state index is 13.8. The molecule has 2 aromatic carbocycles. The zero-order chi connectivity index (χ0) is 25.0. The highest BCUT2D eigenvalue weighted by Crippen LogP contribution is 2.37.